The zero-order valence-electron chi connectivity index (χ0n) is 22.2. The van der Waals surface area contributed by atoms with E-state index in [1.54, 1.807) is 36.4 Å². The first kappa shape index (κ1) is 28.9. The molecule has 0 aliphatic heterocycles. The Morgan fingerprint density at radius 2 is 1.31 bits per heavy atom. The third kappa shape index (κ3) is 9.30. The number of aryl methyl sites for hydroxylation is 2. The monoisotopic (exact) mass is 532 g/mol. The van der Waals surface area contributed by atoms with E-state index in [4.69, 9.17) is 14.2 Å². The quantitative estimate of drug-likeness (QED) is 0.293. The van der Waals surface area contributed by atoms with Crippen LogP contribution in [0, 0.1) is 13.8 Å². The number of hydrogen-bond acceptors (Lipinski definition) is 7. The average Bonchev–Trinajstić information content (AvgIpc) is 2.93. The molecule has 3 aromatic carbocycles. The van der Waals surface area contributed by atoms with Gasteiger partial charge in [0.05, 0.1) is 18.6 Å². The van der Waals surface area contributed by atoms with Gasteiger partial charge in [0.15, 0.2) is 6.61 Å². The summed E-state index contributed by atoms with van der Waals surface area (Å²) < 4.78 is 16.0. The molecule has 0 atom stereocenters. The molecule has 0 aliphatic carbocycles. The Morgan fingerprint density at radius 3 is 1.92 bits per heavy atom. The second-order valence-electron chi connectivity index (χ2n) is 8.82. The minimum atomic E-state index is -0.674. The Balaban J connectivity index is 1.36. The van der Waals surface area contributed by atoms with Crippen molar-refractivity contribution >= 4 is 35.1 Å². The van der Waals surface area contributed by atoms with Gasteiger partial charge in [-0.15, -0.1) is 0 Å². The molecule has 0 heterocycles. The smallest absolute Gasteiger partial charge is 0.338 e. The maximum Gasteiger partial charge on any atom is 0.338 e. The molecule has 0 saturated heterocycles. The van der Waals surface area contributed by atoms with Gasteiger partial charge < -0.3 is 24.8 Å². The fraction of sp³-hybridized carbons (Fsp3) is 0.267. The number of ether oxygens (including phenoxy) is 3. The van der Waals surface area contributed by atoms with Crippen LogP contribution in [0.4, 0.5) is 11.4 Å². The lowest BCUT2D eigenvalue weighted by atomic mass is 10.1. The molecule has 0 aliphatic rings. The highest BCUT2D eigenvalue weighted by Gasteiger charge is 2.12. The van der Waals surface area contributed by atoms with Crippen LogP contribution in [0.25, 0.3) is 0 Å². The highest BCUT2D eigenvalue weighted by molar-refractivity contribution is 5.95. The van der Waals surface area contributed by atoms with Crippen LogP contribution in [0.15, 0.2) is 66.7 Å². The lowest BCUT2D eigenvalue weighted by molar-refractivity contribution is -0.147. The van der Waals surface area contributed by atoms with Gasteiger partial charge in [0.1, 0.15) is 11.5 Å². The van der Waals surface area contributed by atoms with Crippen molar-refractivity contribution in [2.75, 3.05) is 23.8 Å². The van der Waals surface area contributed by atoms with E-state index in [1.165, 1.54) is 12.1 Å². The van der Waals surface area contributed by atoms with E-state index in [0.717, 1.165) is 23.3 Å². The van der Waals surface area contributed by atoms with Crippen LogP contribution in [0.2, 0.25) is 0 Å². The Bertz CT molecular complexity index is 1280. The summed E-state index contributed by atoms with van der Waals surface area (Å²) in [6.45, 7) is 5.69. The second-order valence-corrected chi connectivity index (χ2v) is 8.82. The summed E-state index contributed by atoms with van der Waals surface area (Å²) in [6.07, 6.45) is 0.445. The molecule has 3 rings (SSSR count). The van der Waals surface area contributed by atoms with Crippen molar-refractivity contribution in [3.63, 3.8) is 0 Å². The normalized spacial score (nSPS) is 10.3. The number of carbonyl (C=O) groups is 4. The Hall–Kier alpha value is -4.66. The SMILES string of the molecule is CCCOC(=O)c1ccc(NC(=O)COC(=O)CCC(=O)Nc2ccc(Oc3c(C)cccc3C)cc2)cc1. The minimum absolute atomic E-state index is 0.100. The van der Waals surface area contributed by atoms with Crippen molar-refractivity contribution in [3.8, 4) is 11.5 Å². The van der Waals surface area contributed by atoms with Gasteiger partial charge in [-0.3, -0.25) is 14.4 Å². The molecule has 0 saturated carbocycles. The Morgan fingerprint density at radius 1 is 0.718 bits per heavy atom. The lowest BCUT2D eigenvalue weighted by Crippen LogP contribution is -2.21. The molecular weight excluding hydrogens is 500 g/mol. The van der Waals surface area contributed by atoms with Crippen LogP contribution in [0.1, 0.15) is 47.7 Å². The van der Waals surface area contributed by atoms with E-state index in [-0.39, 0.29) is 18.7 Å². The molecule has 0 spiro atoms. The molecule has 39 heavy (non-hydrogen) atoms. The maximum atomic E-state index is 12.2. The molecular formula is C30H32N2O7. The molecule has 2 N–H and O–H groups in total. The van der Waals surface area contributed by atoms with Gasteiger partial charge in [0.2, 0.25) is 5.91 Å². The number of hydrogen-bond donors (Lipinski definition) is 2. The van der Waals surface area contributed by atoms with Crippen molar-refractivity contribution in [3.05, 3.63) is 83.4 Å². The number of anilines is 2. The first-order valence-corrected chi connectivity index (χ1v) is 12.6. The van der Waals surface area contributed by atoms with Gasteiger partial charge in [0, 0.05) is 17.8 Å². The van der Waals surface area contributed by atoms with Crippen molar-refractivity contribution in [1.82, 2.24) is 0 Å². The summed E-state index contributed by atoms with van der Waals surface area (Å²) in [5, 5.41) is 5.29. The number of esters is 2. The fourth-order valence-electron chi connectivity index (χ4n) is 3.51. The van der Waals surface area contributed by atoms with Gasteiger partial charge in [0.25, 0.3) is 5.91 Å². The minimum Gasteiger partial charge on any atom is -0.462 e. The van der Waals surface area contributed by atoms with Crippen molar-refractivity contribution in [1.29, 1.82) is 0 Å². The number of carbonyl (C=O) groups excluding carboxylic acids is 4. The molecule has 0 fully saturated rings. The molecule has 2 amide bonds. The molecule has 9 nitrogen and oxygen atoms in total. The van der Waals surface area contributed by atoms with E-state index < -0.39 is 24.5 Å². The van der Waals surface area contributed by atoms with Crippen LogP contribution >= 0.6 is 0 Å². The van der Waals surface area contributed by atoms with Crippen LogP contribution in [-0.4, -0.2) is 37.0 Å². The fourth-order valence-corrected chi connectivity index (χ4v) is 3.51. The third-order valence-electron chi connectivity index (χ3n) is 5.53. The van der Waals surface area contributed by atoms with Gasteiger partial charge >= 0.3 is 11.9 Å². The van der Waals surface area contributed by atoms with Crippen LogP contribution in [0.5, 0.6) is 11.5 Å². The first-order chi connectivity index (χ1) is 18.7. The van der Waals surface area contributed by atoms with Crippen molar-refractivity contribution in [2.45, 2.75) is 40.0 Å². The summed E-state index contributed by atoms with van der Waals surface area (Å²) in [5.41, 5.74) is 3.42. The van der Waals surface area contributed by atoms with E-state index in [1.807, 2.05) is 39.0 Å². The standard InChI is InChI=1S/C30H32N2O7/c1-4-18-37-30(36)22-8-10-23(11-9-22)32-27(34)19-38-28(35)17-16-26(33)31-24-12-14-25(15-13-24)39-29-20(2)6-5-7-21(29)3/h5-15H,4,16-19H2,1-3H3,(H,31,33)(H,32,34). The number of benzene rings is 3. The number of nitrogens with one attached hydrogen (secondary N) is 2. The number of amides is 2. The summed E-state index contributed by atoms with van der Waals surface area (Å²) >= 11 is 0. The van der Waals surface area contributed by atoms with Gasteiger partial charge in [-0.2, -0.15) is 0 Å². The van der Waals surface area contributed by atoms with Crippen molar-refractivity contribution < 1.29 is 33.4 Å². The summed E-state index contributed by atoms with van der Waals surface area (Å²) in [4.78, 5) is 48.1. The van der Waals surface area contributed by atoms with Crippen LogP contribution in [-0.2, 0) is 23.9 Å². The number of rotatable bonds is 12. The van der Waals surface area contributed by atoms with Crippen LogP contribution < -0.4 is 15.4 Å². The summed E-state index contributed by atoms with van der Waals surface area (Å²) in [7, 11) is 0. The molecule has 0 unspecified atom stereocenters. The molecule has 0 aromatic heterocycles. The topological polar surface area (TPSA) is 120 Å². The lowest BCUT2D eigenvalue weighted by Gasteiger charge is -2.12. The zero-order valence-corrected chi connectivity index (χ0v) is 22.2. The maximum absolute atomic E-state index is 12.2. The molecule has 0 bridgehead atoms. The van der Waals surface area contributed by atoms with Gasteiger partial charge in [-0.05, 0) is 79.9 Å². The van der Waals surface area contributed by atoms with E-state index in [2.05, 4.69) is 10.6 Å². The Labute approximate surface area is 227 Å². The largest absolute Gasteiger partial charge is 0.462 e. The predicted octanol–water partition coefficient (Wildman–Crippen LogP) is 5.56. The Kier molecular flexibility index (Phi) is 10.6. The summed E-state index contributed by atoms with van der Waals surface area (Å²) in [6, 6.07) is 19.0. The number of para-hydroxylation sites is 1. The molecule has 204 valence electrons. The second kappa shape index (κ2) is 14.3. The van der Waals surface area contributed by atoms with Gasteiger partial charge in [-0.25, -0.2) is 4.79 Å². The molecule has 3 aromatic rings. The van der Waals surface area contributed by atoms with E-state index in [9.17, 15) is 19.2 Å². The van der Waals surface area contributed by atoms with E-state index >= 15 is 0 Å². The van der Waals surface area contributed by atoms with Crippen LogP contribution in [0.3, 0.4) is 0 Å². The third-order valence-corrected chi connectivity index (χ3v) is 5.53. The zero-order chi connectivity index (χ0) is 28.2. The first-order valence-electron chi connectivity index (χ1n) is 12.6. The predicted molar refractivity (Wildman–Crippen MR) is 147 cm³/mol. The molecule has 9 heteroatoms. The highest BCUT2D eigenvalue weighted by atomic mass is 16.5. The average molecular weight is 533 g/mol. The van der Waals surface area contributed by atoms with Crippen molar-refractivity contribution in [2.24, 2.45) is 0 Å². The molecule has 0 radical (unpaired) electrons. The summed E-state index contributed by atoms with van der Waals surface area (Å²) in [5.74, 6) is -0.588. The van der Waals surface area contributed by atoms with E-state index in [0.29, 0.717) is 29.3 Å². The highest BCUT2D eigenvalue weighted by Crippen LogP contribution is 2.29. The van der Waals surface area contributed by atoms with Gasteiger partial charge in [-0.1, -0.05) is 25.1 Å².